The van der Waals surface area contributed by atoms with E-state index in [-0.39, 0.29) is 23.3 Å². The van der Waals surface area contributed by atoms with Crippen molar-refractivity contribution in [2.75, 3.05) is 12.0 Å². The minimum Gasteiger partial charge on any atom is -0.342 e. The third-order valence-corrected chi connectivity index (χ3v) is 4.56. The number of piperazine rings is 1. The van der Waals surface area contributed by atoms with Crippen LogP contribution in [0.5, 0.6) is 0 Å². The first kappa shape index (κ1) is 17.1. The molecule has 0 aliphatic carbocycles. The minimum atomic E-state index is -0.886. The lowest BCUT2D eigenvalue weighted by atomic mass is 9.83. The van der Waals surface area contributed by atoms with E-state index >= 15 is 0 Å². The summed E-state index contributed by atoms with van der Waals surface area (Å²) in [5.74, 6) is 0.382. The second kappa shape index (κ2) is 6.24. The molecule has 116 valence electrons. The predicted octanol–water partition coefficient (Wildman–Crippen LogP) is 0.905. The van der Waals surface area contributed by atoms with Gasteiger partial charge in [-0.15, -0.1) is 0 Å². The Morgan fingerprint density at radius 2 is 1.90 bits per heavy atom. The molecule has 1 N–H and O–H groups in total. The Hall–Kier alpha value is -0.910. The van der Waals surface area contributed by atoms with Gasteiger partial charge in [0.1, 0.15) is 12.1 Å². The second-order valence-electron chi connectivity index (χ2n) is 6.64. The normalized spacial score (nSPS) is 27.2. The van der Waals surface area contributed by atoms with Crippen molar-refractivity contribution in [2.24, 2.45) is 5.41 Å². The first-order valence-electron chi connectivity index (χ1n) is 6.98. The number of rotatable bonds is 4. The van der Waals surface area contributed by atoms with Crippen molar-refractivity contribution in [3.05, 3.63) is 0 Å². The lowest BCUT2D eigenvalue weighted by molar-refractivity contribution is -0.154. The predicted molar refractivity (Wildman–Crippen MR) is 80.7 cm³/mol. The van der Waals surface area contributed by atoms with E-state index < -0.39 is 22.9 Å². The number of nitrogens with one attached hydrogen (secondary N) is 1. The number of hydrogen-bond acceptors (Lipinski definition) is 3. The van der Waals surface area contributed by atoms with Crippen molar-refractivity contribution in [3.63, 3.8) is 0 Å². The topological polar surface area (TPSA) is 66.5 Å². The van der Waals surface area contributed by atoms with Crippen molar-refractivity contribution in [1.82, 2.24) is 10.2 Å². The molecule has 6 heteroatoms. The van der Waals surface area contributed by atoms with Crippen LogP contribution in [0.1, 0.15) is 41.0 Å². The van der Waals surface area contributed by atoms with Crippen molar-refractivity contribution in [2.45, 2.75) is 59.2 Å². The molecule has 1 rings (SSSR count). The van der Waals surface area contributed by atoms with Crippen LogP contribution >= 0.6 is 0 Å². The highest BCUT2D eigenvalue weighted by Crippen LogP contribution is 2.26. The Morgan fingerprint density at radius 1 is 1.35 bits per heavy atom. The molecule has 0 saturated carbocycles. The first-order chi connectivity index (χ1) is 9.05. The molecule has 0 spiro atoms. The Balaban J connectivity index is 2.93. The zero-order valence-electron chi connectivity index (χ0n) is 13.2. The fourth-order valence-electron chi connectivity index (χ4n) is 2.45. The molecule has 0 aromatic carbocycles. The molecule has 1 saturated heterocycles. The van der Waals surface area contributed by atoms with E-state index in [4.69, 9.17) is 0 Å². The van der Waals surface area contributed by atoms with E-state index in [0.717, 1.165) is 0 Å². The molecule has 0 bridgehead atoms. The minimum absolute atomic E-state index is 0.0426. The molecule has 5 nitrogen and oxygen atoms in total. The number of hydrogen-bond donors (Lipinski definition) is 1. The molecule has 1 heterocycles. The van der Waals surface area contributed by atoms with Crippen molar-refractivity contribution in [1.29, 1.82) is 0 Å². The molecular weight excluding hydrogens is 276 g/mol. The fraction of sp³-hybridized carbons (Fsp3) is 0.857. The molecule has 0 radical (unpaired) electrons. The van der Waals surface area contributed by atoms with E-state index in [0.29, 0.717) is 12.2 Å². The summed E-state index contributed by atoms with van der Waals surface area (Å²) in [5.41, 5.74) is -0.321. The third kappa shape index (κ3) is 3.81. The molecule has 20 heavy (non-hydrogen) atoms. The van der Waals surface area contributed by atoms with Crippen LogP contribution in [-0.4, -0.2) is 51.1 Å². The average molecular weight is 302 g/mol. The zero-order valence-corrected chi connectivity index (χ0v) is 14.0. The number of nitrogens with zero attached hydrogens (tertiary/aromatic N) is 1. The summed E-state index contributed by atoms with van der Waals surface area (Å²) in [7, 11) is -0.886. The zero-order chi connectivity index (χ0) is 15.7. The van der Waals surface area contributed by atoms with Crippen LogP contribution in [0.4, 0.5) is 0 Å². The van der Waals surface area contributed by atoms with Gasteiger partial charge in [0.25, 0.3) is 0 Å². The largest absolute Gasteiger partial charge is 0.342 e. The highest BCUT2D eigenvalue weighted by atomic mass is 32.2. The molecule has 1 fully saturated rings. The Morgan fingerprint density at radius 3 is 2.35 bits per heavy atom. The monoisotopic (exact) mass is 302 g/mol. The van der Waals surface area contributed by atoms with Gasteiger partial charge >= 0.3 is 0 Å². The summed E-state index contributed by atoms with van der Waals surface area (Å²) < 4.78 is 11.2. The Bertz CT molecular complexity index is 417. The van der Waals surface area contributed by atoms with Gasteiger partial charge in [0, 0.05) is 28.9 Å². The summed E-state index contributed by atoms with van der Waals surface area (Å²) in [4.78, 5) is 26.4. The van der Waals surface area contributed by atoms with Crippen LogP contribution in [0.25, 0.3) is 0 Å². The van der Waals surface area contributed by atoms with Crippen molar-refractivity contribution < 1.29 is 13.8 Å². The van der Waals surface area contributed by atoms with Gasteiger partial charge in [-0.1, -0.05) is 20.8 Å². The SMILES string of the molecule is CC(CCS(C)=O)N1C(=O)C(C(C)(C)C)NC(=O)C1C. The van der Waals surface area contributed by atoms with E-state index in [1.165, 1.54) is 0 Å². The van der Waals surface area contributed by atoms with Gasteiger partial charge in [-0.3, -0.25) is 13.8 Å². The van der Waals surface area contributed by atoms with Crippen LogP contribution in [0, 0.1) is 5.41 Å². The molecule has 2 amide bonds. The van der Waals surface area contributed by atoms with Gasteiger partial charge in [-0.2, -0.15) is 0 Å². The van der Waals surface area contributed by atoms with Crippen LogP contribution in [-0.2, 0) is 20.4 Å². The molecule has 1 aliphatic heterocycles. The smallest absolute Gasteiger partial charge is 0.246 e. The molecule has 0 aromatic rings. The van der Waals surface area contributed by atoms with E-state index in [2.05, 4.69) is 5.32 Å². The van der Waals surface area contributed by atoms with Crippen molar-refractivity contribution in [3.8, 4) is 0 Å². The van der Waals surface area contributed by atoms with Gasteiger partial charge in [-0.05, 0) is 25.7 Å². The van der Waals surface area contributed by atoms with Gasteiger partial charge in [-0.25, -0.2) is 0 Å². The Labute approximate surface area is 123 Å². The first-order valence-corrected chi connectivity index (χ1v) is 8.71. The lowest BCUT2D eigenvalue weighted by Crippen LogP contribution is -2.67. The van der Waals surface area contributed by atoms with Crippen LogP contribution in [0.2, 0.25) is 0 Å². The lowest BCUT2D eigenvalue weighted by Gasteiger charge is -2.44. The summed E-state index contributed by atoms with van der Waals surface area (Å²) in [6, 6.07) is -1.06. The second-order valence-corrected chi connectivity index (χ2v) is 8.20. The van der Waals surface area contributed by atoms with E-state index in [1.54, 1.807) is 18.1 Å². The quantitative estimate of drug-likeness (QED) is 0.839. The summed E-state index contributed by atoms with van der Waals surface area (Å²) in [5, 5.41) is 2.82. The Kier molecular flexibility index (Phi) is 5.35. The van der Waals surface area contributed by atoms with Gasteiger partial charge in [0.15, 0.2) is 0 Å². The maximum absolute atomic E-state index is 12.6. The highest BCUT2D eigenvalue weighted by Gasteiger charge is 2.44. The molecule has 1 aliphatic rings. The number of amides is 2. The molecule has 4 unspecified atom stereocenters. The van der Waals surface area contributed by atoms with E-state index in [1.807, 2.05) is 27.7 Å². The molecule has 0 aromatic heterocycles. The number of carbonyl (C=O) groups excluding carboxylic acids is 2. The van der Waals surface area contributed by atoms with Crippen LogP contribution in [0.15, 0.2) is 0 Å². The highest BCUT2D eigenvalue weighted by molar-refractivity contribution is 7.84. The van der Waals surface area contributed by atoms with Gasteiger partial charge in [0.05, 0.1) is 0 Å². The summed E-state index contributed by atoms with van der Waals surface area (Å²) in [6.45, 7) is 9.48. The standard InChI is InChI=1S/C14H26N2O3S/c1-9(7-8-20(6)19)16-10(2)12(17)15-11(13(16)18)14(3,4)5/h9-11H,7-8H2,1-6H3,(H,15,17). The average Bonchev–Trinajstić information content (AvgIpc) is 2.30. The summed E-state index contributed by atoms with van der Waals surface area (Å²) in [6.07, 6.45) is 2.29. The summed E-state index contributed by atoms with van der Waals surface area (Å²) >= 11 is 0. The molecular formula is C14H26N2O3S. The third-order valence-electron chi connectivity index (χ3n) is 3.75. The number of carbonyl (C=O) groups is 2. The van der Waals surface area contributed by atoms with Crippen molar-refractivity contribution >= 4 is 22.6 Å². The maximum Gasteiger partial charge on any atom is 0.246 e. The fourth-order valence-corrected chi connectivity index (χ4v) is 3.13. The maximum atomic E-state index is 12.6. The molecule has 4 atom stereocenters. The van der Waals surface area contributed by atoms with Gasteiger partial charge < -0.3 is 10.2 Å². The van der Waals surface area contributed by atoms with Gasteiger partial charge in [0.2, 0.25) is 11.8 Å². The van der Waals surface area contributed by atoms with Crippen LogP contribution < -0.4 is 5.32 Å². The van der Waals surface area contributed by atoms with Crippen LogP contribution in [0.3, 0.4) is 0 Å². The van der Waals surface area contributed by atoms with E-state index in [9.17, 15) is 13.8 Å².